The van der Waals surface area contributed by atoms with Crippen LogP contribution in [0.5, 0.6) is 11.6 Å². The van der Waals surface area contributed by atoms with Crippen molar-refractivity contribution in [1.82, 2.24) is 10.3 Å². The van der Waals surface area contributed by atoms with Crippen LogP contribution in [0, 0.1) is 0 Å². The molecule has 0 bridgehead atoms. The Kier molecular flexibility index (Phi) is 9.15. The maximum absolute atomic E-state index is 5.59. The summed E-state index contributed by atoms with van der Waals surface area (Å²) in [6.45, 7) is 9.85. The van der Waals surface area contributed by atoms with Gasteiger partial charge >= 0.3 is 0 Å². The fraction of sp³-hybridized carbons (Fsp3) is 0.615. The fourth-order valence-electron chi connectivity index (χ4n) is 1.15. The van der Waals surface area contributed by atoms with Crippen molar-refractivity contribution in [3.05, 3.63) is 18.3 Å². The summed E-state index contributed by atoms with van der Waals surface area (Å²) >= 11 is 0. The third-order valence-electron chi connectivity index (χ3n) is 1.95. The molecule has 1 heterocycles. The van der Waals surface area contributed by atoms with Crippen molar-refractivity contribution in [3.63, 3.8) is 0 Å². The molecule has 1 atom stereocenters. The molecule has 1 aromatic rings. The van der Waals surface area contributed by atoms with Gasteiger partial charge in [-0.1, -0.05) is 20.8 Å². The molecule has 0 unspecified atom stereocenters. The summed E-state index contributed by atoms with van der Waals surface area (Å²) in [7, 11) is 1.62. The lowest BCUT2D eigenvalue weighted by Crippen LogP contribution is -2.28. The monoisotopic (exact) mass is 242 g/mol. The van der Waals surface area contributed by atoms with Crippen molar-refractivity contribution in [1.29, 1.82) is 0 Å². The molecule has 0 radical (unpaired) electrons. The molecular formula is C13H26N2O2. The largest absolute Gasteiger partial charge is 0.495 e. The normalized spacial score (nSPS) is 11.1. The number of rotatable bonds is 6. The van der Waals surface area contributed by atoms with E-state index in [1.165, 1.54) is 0 Å². The van der Waals surface area contributed by atoms with E-state index in [1.807, 2.05) is 26.8 Å². The molecule has 100 valence electrons. The highest BCUT2D eigenvalue weighted by molar-refractivity contribution is 5.22. The Hall–Kier alpha value is -1.29. The first-order valence-corrected chi connectivity index (χ1v) is 6.13. The highest BCUT2D eigenvalue weighted by atomic mass is 16.5. The van der Waals surface area contributed by atoms with Crippen molar-refractivity contribution >= 4 is 0 Å². The molecule has 0 aliphatic rings. The summed E-state index contributed by atoms with van der Waals surface area (Å²) in [6.07, 6.45) is 1.76. The summed E-state index contributed by atoms with van der Waals surface area (Å²) in [4.78, 5) is 4.12. The predicted octanol–water partition coefficient (Wildman–Crippen LogP) is 2.74. The Morgan fingerprint density at radius 2 is 2.12 bits per heavy atom. The number of nitrogens with zero attached hydrogens (tertiary/aromatic N) is 1. The Morgan fingerprint density at radius 3 is 2.59 bits per heavy atom. The van der Waals surface area contributed by atoms with Gasteiger partial charge in [-0.05, 0) is 19.5 Å². The highest BCUT2D eigenvalue weighted by Crippen LogP contribution is 2.13. The van der Waals surface area contributed by atoms with Crippen LogP contribution in [0.1, 0.15) is 29.1 Å². The van der Waals surface area contributed by atoms with Gasteiger partial charge in [0.2, 0.25) is 5.88 Å². The van der Waals surface area contributed by atoms with E-state index >= 15 is 0 Å². The van der Waals surface area contributed by atoms with Crippen LogP contribution < -0.4 is 14.8 Å². The Morgan fingerprint density at radius 1 is 1.41 bits per heavy atom. The molecule has 4 nitrogen and oxygen atoms in total. The van der Waals surface area contributed by atoms with E-state index in [0.717, 1.165) is 18.8 Å². The third-order valence-corrected chi connectivity index (χ3v) is 1.95. The van der Waals surface area contributed by atoms with Crippen LogP contribution in [-0.4, -0.2) is 31.3 Å². The number of hydrogen-bond acceptors (Lipinski definition) is 4. The molecule has 0 saturated carbocycles. The van der Waals surface area contributed by atoms with Crippen LogP contribution in [0.25, 0.3) is 0 Å². The average molecular weight is 242 g/mol. The zero-order valence-corrected chi connectivity index (χ0v) is 11.5. The summed E-state index contributed by atoms with van der Waals surface area (Å²) in [5, 5.41) is 3.21. The standard InChI is InChI=1S/C11H18N2O2.C2H6.H2/c1-4-12-7-9(2)15-11-6-5-10(14-3)8-13-11;1-2;/h5-6,8-9,12H,4,7H2,1-3H3;1-2H3;1H/t9-;;/m0../s1. The van der Waals surface area contributed by atoms with Gasteiger partial charge in [0, 0.05) is 14.0 Å². The van der Waals surface area contributed by atoms with Crippen LogP contribution in [0.2, 0.25) is 0 Å². The maximum Gasteiger partial charge on any atom is 0.213 e. The van der Waals surface area contributed by atoms with E-state index in [4.69, 9.17) is 9.47 Å². The molecule has 17 heavy (non-hydrogen) atoms. The second-order valence-electron chi connectivity index (χ2n) is 3.27. The first-order valence-electron chi connectivity index (χ1n) is 6.13. The molecular weight excluding hydrogens is 216 g/mol. The molecule has 1 N–H and O–H groups in total. The number of methoxy groups -OCH3 is 1. The molecule has 0 amide bonds. The van der Waals surface area contributed by atoms with Gasteiger partial charge in [-0.15, -0.1) is 0 Å². The van der Waals surface area contributed by atoms with Crippen LogP contribution in [-0.2, 0) is 0 Å². The van der Waals surface area contributed by atoms with Gasteiger partial charge in [0.25, 0.3) is 0 Å². The summed E-state index contributed by atoms with van der Waals surface area (Å²) in [5.74, 6) is 1.36. The summed E-state index contributed by atoms with van der Waals surface area (Å²) in [5.41, 5.74) is 0. The molecule has 0 fully saturated rings. The van der Waals surface area contributed by atoms with Crippen molar-refractivity contribution in [2.45, 2.75) is 33.8 Å². The van der Waals surface area contributed by atoms with Crippen molar-refractivity contribution in [3.8, 4) is 11.6 Å². The lowest BCUT2D eigenvalue weighted by Gasteiger charge is -2.13. The summed E-state index contributed by atoms with van der Waals surface area (Å²) < 4.78 is 10.6. The molecule has 0 spiro atoms. The van der Waals surface area contributed by atoms with Crippen LogP contribution in [0.15, 0.2) is 18.3 Å². The van der Waals surface area contributed by atoms with E-state index in [1.54, 1.807) is 19.4 Å². The lowest BCUT2D eigenvalue weighted by atomic mass is 10.4. The molecule has 0 saturated heterocycles. The summed E-state index contributed by atoms with van der Waals surface area (Å²) in [6, 6.07) is 3.64. The number of hydrogen-bond donors (Lipinski definition) is 1. The van der Waals surface area contributed by atoms with Gasteiger partial charge in [-0.3, -0.25) is 0 Å². The molecule has 1 rings (SSSR count). The number of ether oxygens (including phenoxy) is 2. The zero-order valence-electron chi connectivity index (χ0n) is 11.5. The first kappa shape index (κ1) is 15.7. The van der Waals surface area contributed by atoms with E-state index in [9.17, 15) is 0 Å². The second kappa shape index (κ2) is 9.90. The third kappa shape index (κ3) is 6.79. The van der Waals surface area contributed by atoms with Gasteiger partial charge in [0.05, 0.1) is 13.3 Å². The molecule has 0 aliphatic heterocycles. The minimum atomic E-state index is 0. The second-order valence-corrected chi connectivity index (χ2v) is 3.27. The number of nitrogens with one attached hydrogen (secondary N) is 1. The quantitative estimate of drug-likeness (QED) is 0.833. The molecule has 1 aromatic heterocycles. The van der Waals surface area contributed by atoms with Gasteiger partial charge in [-0.2, -0.15) is 0 Å². The SMILES string of the molecule is CC.CCNC[C@H](C)Oc1ccc(OC)cn1.[HH]. The van der Waals surface area contributed by atoms with E-state index in [-0.39, 0.29) is 7.53 Å². The van der Waals surface area contributed by atoms with Gasteiger partial charge < -0.3 is 14.8 Å². The van der Waals surface area contributed by atoms with Crippen LogP contribution >= 0.6 is 0 Å². The fourth-order valence-corrected chi connectivity index (χ4v) is 1.15. The van der Waals surface area contributed by atoms with Gasteiger partial charge in [0.1, 0.15) is 11.9 Å². The average Bonchev–Trinajstić information content (AvgIpc) is 2.39. The molecule has 0 aromatic carbocycles. The van der Waals surface area contributed by atoms with E-state index in [2.05, 4.69) is 17.2 Å². The maximum atomic E-state index is 5.59. The van der Waals surface area contributed by atoms with Crippen LogP contribution in [0.3, 0.4) is 0 Å². The minimum Gasteiger partial charge on any atom is -0.495 e. The highest BCUT2D eigenvalue weighted by Gasteiger charge is 2.03. The number of pyridine rings is 1. The topological polar surface area (TPSA) is 43.4 Å². The predicted molar refractivity (Wildman–Crippen MR) is 72.9 cm³/mol. The first-order chi connectivity index (χ1) is 8.26. The van der Waals surface area contributed by atoms with E-state index < -0.39 is 0 Å². The smallest absolute Gasteiger partial charge is 0.213 e. The Bertz CT molecular complexity index is 281. The van der Waals surface area contributed by atoms with Crippen molar-refractivity contribution in [2.24, 2.45) is 0 Å². The molecule has 4 heteroatoms. The molecule has 0 aliphatic carbocycles. The number of likely N-dealkylation sites (N-methyl/N-ethyl adjacent to an activating group) is 1. The number of aromatic nitrogens is 1. The van der Waals surface area contributed by atoms with Crippen molar-refractivity contribution in [2.75, 3.05) is 20.2 Å². The Labute approximate surface area is 106 Å². The van der Waals surface area contributed by atoms with Crippen molar-refractivity contribution < 1.29 is 10.9 Å². The van der Waals surface area contributed by atoms with Crippen LogP contribution in [0.4, 0.5) is 0 Å². The minimum absolute atomic E-state index is 0. The zero-order chi connectivity index (χ0) is 13.1. The van der Waals surface area contributed by atoms with E-state index in [0.29, 0.717) is 5.88 Å². The van der Waals surface area contributed by atoms with Gasteiger partial charge in [0.15, 0.2) is 0 Å². The lowest BCUT2D eigenvalue weighted by molar-refractivity contribution is 0.209. The van der Waals surface area contributed by atoms with Gasteiger partial charge in [-0.25, -0.2) is 4.98 Å². The Balaban J connectivity index is 0.